The van der Waals surface area contributed by atoms with Crippen LogP contribution in [0.3, 0.4) is 0 Å². The summed E-state index contributed by atoms with van der Waals surface area (Å²) >= 11 is 5.96. The van der Waals surface area contributed by atoms with Crippen LogP contribution in [0.15, 0.2) is 66.7 Å². The lowest BCUT2D eigenvalue weighted by molar-refractivity contribution is -0.384. The van der Waals surface area contributed by atoms with E-state index in [1.54, 1.807) is 24.3 Å². The third kappa shape index (κ3) is 4.70. The summed E-state index contributed by atoms with van der Waals surface area (Å²) in [7, 11) is 0. The maximum Gasteiger partial charge on any atom is 0.271 e. The number of hydrogen-bond donors (Lipinski definition) is 2. The predicted molar refractivity (Wildman–Crippen MR) is 121 cm³/mol. The molecule has 1 heterocycles. The zero-order valence-corrected chi connectivity index (χ0v) is 17.8. The van der Waals surface area contributed by atoms with Gasteiger partial charge in [0.2, 0.25) is 0 Å². The number of H-pyrrole nitrogens is 1. The molecular formula is C23H19ClN4O4. The van der Waals surface area contributed by atoms with Crippen LogP contribution in [0.5, 0.6) is 5.75 Å². The van der Waals surface area contributed by atoms with E-state index in [-0.39, 0.29) is 18.2 Å². The molecule has 0 aliphatic carbocycles. The van der Waals surface area contributed by atoms with E-state index in [9.17, 15) is 14.9 Å². The molecule has 0 fully saturated rings. The Morgan fingerprint density at radius 3 is 2.69 bits per heavy atom. The number of aryl methyl sites for hydroxylation is 1. The van der Waals surface area contributed by atoms with E-state index >= 15 is 0 Å². The summed E-state index contributed by atoms with van der Waals surface area (Å²) in [5.41, 5.74) is 2.66. The first-order valence-electron chi connectivity index (χ1n) is 9.78. The molecule has 0 radical (unpaired) electrons. The Bertz CT molecular complexity index is 1290. The largest absolute Gasteiger partial charge is 0.484 e. The van der Waals surface area contributed by atoms with Crippen molar-refractivity contribution in [2.75, 3.05) is 6.61 Å². The van der Waals surface area contributed by atoms with Crippen LogP contribution in [0, 0.1) is 17.0 Å². The Labute approximate surface area is 188 Å². The van der Waals surface area contributed by atoms with Crippen molar-refractivity contribution >= 4 is 34.2 Å². The van der Waals surface area contributed by atoms with Crippen LogP contribution < -0.4 is 10.1 Å². The molecule has 0 spiro atoms. The molecule has 1 atom stereocenters. The van der Waals surface area contributed by atoms with Crippen LogP contribution in [0.2, 0.25) is 5.02 Å². The lowest BCUT2D eigenvalue weighted by Crippen LogP contribution is -2.33. The molecule has 0 bridgehead atoms. The average molecular weight is 451 g/mol. The second-order valence-corrected chi connectivity index (χ2v) is 7.63. The van der Waals surface area contributed by atoms with Crippen molar-refractivity contribution in [3.8, 4) is 5.75 Å². The number of rotatable bonds is 7. The van der Waals surface area contributed by atoms with Gasteiger partial charge in [0.1, 0.15) is 17.6 Å². The lowest BCUT2D eigenvalue weighted by Gasteiger charge is -2.18. The maximum absolute atomic E-state index is 12.7. The summed E-state index contributed by atoms with van der Waals surface area (Å²) in [6, 6.07) is 18.3. The van der Waals surface area contributed by atoms with E-state index in [0.29, 0.717) is 27.6 Å². The molecule has 0 aliphatic heterocycles. The SMILES string of the molecule is Cc1cc(Cl)ccc1OCC(=O)NC(c1ccccc1)c1nc2ccc([N+](=O)[O-])cc2[nH]1. The van der Waals surface area contributed by atoms with E-state index in [4.69, 9.17) is 16.3 Å². The van der Waals surface area contributed by atoms with E-state index in [1.165, 1.54) is 12.1 Å². The molecule has 4 rings (SSSR count). The molecule has 4 aromatic rings. The van der Waals surface area contributed by atoms with Crippen LogP contribution in [-0.2, 0) is 4.79 Å². The highest BCUT2D eigenvalue weighted by molar-refractivity contribution is 6.30. The van der Waals surface area contributed by atoms with E-state index in [1.807, 2.05) is 37.3 Å². The first kappa shape index (κ1) is 21.3. The molecule has 1 amide bonds. The highest BCUT2D eigenvalue weighted by atomic mass is 35.5. The number of hydrogen-bond acceptors (Lipinski definition) is 5. The molecule has 0 saturated heterocycles. The van der Waals surface area contributed by atoms with Crippen molar-refractivity contribution in [1.82, 2.24) is 15.3 Å². The van der Waals surface area contributed by atoms with Gasteiger partial charge in [-0.2, -0.15) is 0 Å². The quantitative estimate of drug-likeness (QED) is 0.313. The van der Waals surface area contributed by atoms with Crippen molar-refractivity contribution in [3.63, 3.8) is 0 Å². The number of nitrogens with zero attached hydrogens (tertiary/aromatic N) is 2. The monoisotopic (exact) mass is 450 g/mol. The minimum atomic E-state index is -0.593. The minimum Gasteiger partial charge on any atom is -0.484 e. The van der Waals surface area contributed by atoms with E-state index in [0.717, 1.165) is 11.1 Å². The smallest absolute Gasteiger partial charge is 0.271 e. The Morgan fingerprint density at radius 2 is 1.97 bits per heavy atom. The Morgan fingerprint density at radius 1 is 1.19 bits per heavy atom. The Kier molecular flexibility index (Phi) is 6.04. The highest BCUT2D eigenvalue weighted by Gasteiger charge is 2.21. The van der Waals surface area contributed by atoms with Gasteiger partial charge in [0.25, 0.3) is 11.6 Å². The number of non-ortho nitro benzene ring substituents is 1. The molecule has 0 aliphatic rings. The number of ether oxygens (including phenoxy) is 1. The minimum absolute atomic E-state index is 0.0419. The van der Waals surface area contributed by atoms with E-state index in [2.05, 4.69) is 15.3 Å². The molecular weight excluding hydrogens is 432 g/mol. The number of aromatic nitrogens is 2. The van der Waals surface area contributed by atoms with Crippen LogP contribution in [0.4, 0.5) is 5.69 Å². The number of carbonyl (C=O) groups is 1. The van der Waals surface area contributed by atoms with Gasteiger partial charge in [-0.15, -0.1) is 0 Å². The summed E-state index contributed by atoms with van der Waals surface area (Å²) in [4.78, 5) is 31.0. The molecule has 3 aromatic carbocycles. The zero-order valence-electron chi connectivity index (χ0n) is 17.0. The van der Waals surface area contributed by atoms with Gasteiger partial charge in [0.05, 0.1) is 16.0 Å². The summed E-state index contributed by atoms with van der Waals surface area (Å²) in [5, 5.41) is 14.6. The molecule has 1 unspecified atom stereocenters. The van der Waals surface area contributed by atoms with Crippen molar-refractivity contribution in [2.45, 2.75) is 13.0 Å². The molecule has 2 N–H and O–H groups in total. The number of fused-ring (bicyclic) bond motifs is 1. The first-order chi connectivity index (χ1) is 15.4. The van der Waals surface area contributed by atoms with Crippen molar-refractivity contribution in [2.24, 2.45) is 0 Å². The van der Waals surface area contributed by atoms with Gasteiger partial charge in [-0.25, -0.2) is 4.98 Å². The van der Waals surface area contributed by atoms with Gasteiger partial charge >= 0.3 is 0 Å². The molecule has 9 heteroatoms. The number of nitro groups is 1. The van der Waals surface area contributed by atoms with Crippen molar-refractivity contribution < 1.29 is 14.5 Å². The zero-order chi connectivity index (χ0) is 22.7. The molecule has 32 heavy (non-hydrogen) atoms. The lowest BCUT2D eigenvalue weighted by atomic mass is 10.1. The third-order valence-electron chi connectivity index (χ3n) is 4.90. The molecule has 162 valence electrons. The topological polar surface area (TPSA) is 110 Å². The predicted octanol–water partition coefficient (Wildman–Crippen LogP) is 4.72. The summed E-state index contributed by atoms with van der Waals surface area (Å²) in [5.74, 6) is 0.680. The van der Waals surface area contributed by atoms with Crippen LogP contribution in [-0.4, -0.2) is 27.4 Å². The first-order valence-corrected chi connectivity index (χ1v) is 10.2. The maximum atomic E-state index is 12.7. The van der Waals surface area contributed by atoms with Crippen LogP contribution >= 0.6 is 11.6 Å². The average Bonchev–Trinajstić information content (AvgIpc) is 3.20. The van der Waals surface area contributed by atoms with Gasteiger partial charge in [0, 0.05) is 17.2 Å². The number of imidazole rings is 1. The number of carbonyl (C=O) groups excluding carboxylic acids is 1. The second kappa shape index (κ2) is 9.07. The molecule has 1 aromatic heterocycles. The van der Waals surface area contributed by atoms with E-state index < -0.39 is 11.0 Å². The number of nitrogens with one attached hydrogen (secondary N) is 2. The van der Waals surface area contributed by atoms with Crippen molar-refractivity contribution in [1.29, 1.82) is 0 Å². The number of aromatic amines is 1. The fourth-order valence-electron chi connectivity index (χ4n) is 3.34. The third-order valence-corrected chi connectivity index (χ3v) is 5.14. The standard InChI is InChI=1S/C23H19ClN4O4/c1-14-11-16(24)7-10-20(14)32-13-21(29)27-22(15-5-3-2-4-6-15)23-25-18-9-8-17(28(30)31)12-19(18)26-23/h2-12,22H,13H2,1H3,(H,25,26)(H,27,29). The fourth-order valence-corrected chi connectivity index (χ4v) is 3.57. The highest BCUT2D eigenvalue weighted by Crippen LogP contribution is 2.25. The number of amides is 1. The second-order valence-electron chi connectivity index (χ2n) is 7.19. The fraction of sp³-hybridized carbons (Fsp3) is 0.130. The van der Waals surface area contributed by atoms with Gasteiger partial charge in [0.15, 0.2) is 6.61 Å². The van der Waals surface area contributed by atoms with Gasteiger partial charge in [-0.1, -0.05) is 41.9 Å². The Balaban J connectivity index is 1.58. The Hall–Kier alpha value is -3.91. The number of nitro benzene ring substituents is 1. The van der Waals surface area contributed by atoms with Gasteiger partial charge in [-0.3, -0.25) is 14.9 Å². The van der Waals surface area contributed by atoms with Crippen molar-refractivity contribution in [3.05, 3.63) is 98.8 Å². The summed E-state index contributed by atoms with van der Waals surface area (Å²) in [6.07, 6.45) is 0. The number of benzene rings is 3. The van der Waals surface area contributed by atoms with Crippen LogP contribution in [0.1, 0.15) is 23.0 Å². The molecule has 8 nitrogen and oxygen atoms in total. The normalized spacial score (nSPS) is 11.8. The number of halogens is 1. The summed E-state index contributed by atoms with van der Waals surface area (Å²) < 4.78 is 5.65. The summed E-state index contributed by atoms with van der Waals surface area (Å²) in [6.45, 7) is 1.65. The van der Waals surface area contributed by atoms with Gasteiger partial charge < -0.3 is 15.0 Å². The van der Waals surface area contributed by atoms with Crippen LogP contribution in [0.25, 0.3) is 11.0 Å². The molecule has 0 saturated carbocycles. The van der Waals surface area contributed by atoms with Gasteiger partial charge in [-0.05, 0) is 42.3 Å².